The number of piperazine rings is 1. The van der Waals surface area contributed by atoms with Gasteiger partial charge in [0.15, 0.2) is 5.83 Å². The third kappa shape index (κ3) is 7.14. The van der Waals surface area contributed by atoms with Crippen molar-refractivity contribution < 1.29 is 29.2 Å². The van der Waals surface area contributed by atoms with Gasteiger partial charge in [0.1, 0.15) is 18.2 Å². The van der Waals surface area contributed by atoms with Crippen LogP contribution in [0.3, 0.4) is 0 Å². The van der Waals surface area contributed by atoms with Gasteiger partial charge >= 0.3 is 6.01 Å². The molecule has 12 nitrogen and oxygen atoms in total. The number of nitriles is 1. The zero-order valence-electron chi connectivity index (χ0n) is 26.6. The molecule has 0 bridgehead atoms. The Kier molecular flexibility index (Phi) is 10.5. The van der Waals surface area contributed by atoms with E-state index in [2.05, 4.69) is 45.0 Å². The summed E-state index contributed by atoms with van der Waals surface area (Å²) in [6.07, 6.45) is 1.62. The van der Waals surface area contributed by atoms with E-state index in [-0.39, 0.29) is 43.9 Å². The molecule has 4 heterocycles. The van der Waals surface area contributed by atoms with E-state index in [1.165, 1.54) is 4.90 Å². The number of hydrogen-bond donors (Lipinski definition) is 3. The minimum Gasteiger partial charge on any atom is -0.508 e. The van der Waals surface area contributed by atoms with Crippen molar-refractivity contribution in [1.82, 2.24) is 19.8 Å². The van der Waals surface area contributed by atoms with E-state index < -0.39 is 23.9 Å². The Morgan fingerprint density at radius 1 is 1.19 bits per heavy atom. The molecule has 2 aromatic carbocycles. The fourth-order valence-corrected chi connectivity index (χ4v) is 7.88. The van der Waals surface area contributed by atoms with Crippen LogP contribution in [0.15, 0.2) is 42.7 Å². The average Bonchev–Trinajstić information content (AvgIpc) is 3.52. The lowest BCUT2D eigenvalue weighted by molar-refractivity contribution is -0.131. The first-order valence-electron chi connectivity index (χ1n) is 16.2. The molecular formula is C34H39FIN7O5. The van der Waals surface area contributed by atoms with Crippen LogP contribution in [0.4, 0.5) is 15.9 Å². The highest BCUT2D eigenvalue weighted by atomic mass is 127. The topological polar surface area (TPSA) is 150 Å². The van der Waals surface area contributed by atoms with Crippen LogP contribution in [0.25, 0.3) is 10.8 Å². The van der Waals surface area contributed by atoms with Crippen LogP contribution in [0.5, 0.6) is 11.8 Å². The number of fused-ring (bicyclic) bond motifs is 2. The number of anilines is 2. The molecule has 1 unspecified atom stereocenters. The second kappa shape index (κ2) is 14.8. The molecule has 1 aromatic heterocycles. The molecule has 0 saturated carbocycles. The van der Waals surface area contributed by atoms with Crippen molar-refractivity contribution in [3.8, 4) is 17.8 Å². The number of aliphatic hydroxyl groups excluding tert-OH is 2. The van der Waals surface area contributed by atoms with Gasteiger partial charge in [-0.1, -0.05) is 18.7 Å². The Balaban J connectivity index is 1.33. The number of hydrogen-bond acceptors (Lipinski definition) is 11. The second-order valence-corrected chi connectivity index (χ2v) is 13.7. The van der Waals surface area contributed by atoms with Gasteiger partial charge in [-0.25, -0.2) is 4.39 Å². The lowest BCUT2D eigenvalue weighted by atomic mass is 10.0. The number of phenolic OH excluding ortho intramolecular Hbond substituents is 1. The summed E-state index contributed by atoms with van der Waals surface area (Å²) in [7, 11) is 0. The molecule has 3 aromatic rings. The Labute approximate surface area is 292 Å². The Morgan fingerprint density at radius 2 is 2.02 bits per heavy atom. The summed E-state index contributed by atoms with van der Waals surface area (Å²) in [5, 5.41) is 41.6. The van der Waals surface area contributed by atoms with Gasteiger partial charge in [-0.05, 0) is 65.9 Å². The smallest absolute Gasteiger partial charge is 0.318 e. The van der Waals surface area contributed by atoms with Crippen LogP contribution in [0, 0.1) is 14.9 Å². The minimum atomic E-state index is -1.05. The van der Waals surface area contributed by atoms with E-state index in [1.807, 2.05) is 23.1 Å². The first-order chi connectivity index (χ1) is 23.2. The summed E-state index contributed by atoms with van der Waals surface area (Å²) >= 11 is 2.32. The lowest BCUT2D eigenvalue weighted by Crippen LogP contribution is -2.55. The Bertz CT molecular complexity index is 1740. The molecule has 6 rings (SSSR count). The number of benzene rings is 2. The number of aromatic nitrogens is 2. The van der Waals surface area contributed by atoms with E-state index in [9.17, 15) is 29.8 Å². The van der Waals surface area contributed by atoms with Gasteiger partial charge < -0.3 is 34.8 Å². The van der Waals surface area contributed by atoms with E-state index in [0.29, 0.717) is 45.0 Å². The number of nitrogens with zero attached hydrogens (tertiary/aromatic N) is 7. The summed E-state index contributed by atoms with van der Waals surface area (Å²) in [6.45, 7) is 6.23. The second-order valence-electron chi connectivity index (χ2n) is 12.5. The molecular weight excluding hydrogens is 732 g/mol. The van der Waals surface area contributed by atoms with Gasteiger partial charge in [-0.3, -0.25) is 9.69 Å². The van der Waals surface area contributed by atoms with Gasteiger partial charge in [0.25, 0.3) is 5.91 Å². The summed E-state index contributed by atoms with van der Waals surface area (Å²) in [5.41, 5.74) is 2.62. The predicted octanol–water partition coefficient (Wildman–Crippen LogP) is 3.11. The molecule has 0 aliphatic carbocycles. The number of rotatable bonds is 10. The van der Waals surface area contributed by atoms with Crippen molar-refractivity contribution in [2.24, 2.45) is 0 Å². The first-order valence-corrected chi connectivity index (χ1v) is 17.2. The molecule has 14 heteroatoms. The first kappa shape index (κ1) is 34.1. The SMILES string of the molecule is C=C(F)C(=O)N1CCN(c2nc(OC[C@@H]3CCCN3CC(O)CO)nc3c2CCN(c2cc(O)cc4cccc(I)c24)C3)C[C@@H]1CC#N. The maximum absolute atomic E-state index is 13.9. The summed E-state index contributed by atoms with van der Waals surface area (Å²) < 4.78 is 21.2. The quantitative estimate of drug-likeness (QED) is 0.206. The molecule has 3 atom stereocenters. The molecule has 2 saturated heterocycles. The van der Waals surface area contributed by atoms with Crippen molar-refractivity contribution in [2.45, 2.75) is 50.4 Å². The van der Waals surface area contributed by atoms with Crippen LogP contribution in [-0.2, 0) is 17.8 Å². The maximum atomic E-state index is 13.9. The number of phenols is 1. The highest BCUT2D eigenvalue weighted by molar-refractivity contribution is 14.1. The summed E-state index contributed by atoms with van der Waals surface area (Å²) in [4.78, 5) is 30.1. The van der Waals surface area contributed by atoms with Crippen molar-refractivity contribution in [3.05, 3.63) is 57.6 Å². The molecule has 0 spiro atoms. The van der Waals surface area contributed by atoms with Gasteiger partial charge in [-0.2, -0.15) is 15.2 Å². The number of ether oxygens (including phenoxy) is 1. The van der Waals surface area contributed by atoms with Gasteiger partial charge in [0.05, 0.1) is 43.5 Å². The van der Waals surface area contributed by atoms with Crippen molar-refractivity contribution in [3.63, 3.8) is 0 Å². The zero-order chi connectivity index (χ0) is 33.9. The number of aromatic hydroxyl groups is 1. The van der Waals surface area contributed by atoms with Crippen LogP contribution in [0.1, 0.15) is 30.5 Å². The van der Waals surface area contributed by atoms with E-state index in [4.69, 9.17) is 14.7 Å². The molecule has 0 radical (unpaired) electrons. The largest absolute Gasteiger partial charge is 0.508 e. The molecule has 1 amide bonds. The molecule has 48 heavy (non-hydrogen) atoms. The van der Waals surface area contributed by atoms with Crippen molar-refractivity contribution >= 4 is 50.8 Å². The van der Waals surface area contributed by atoms with Crippen LogP contribution in [-0.4, -0.2) is 112 Å². The third-order valence-corrected chi connectivity index (χ3v) is 10.3. The Morgan fingerprint density at radius 3 is 2.79 bits per heavy atom. The minimum absolute atomic E-state index is 0.0230. The van der Waals surface area contributed by atoms with E-state index in [1.54, 1.807) is 12.1 Å². The number of carbonyl (C=O) groups excluding carboxylic acids is 1. The van der Waals surface area contributed by atoms with E-state index >= 15 is 0 Å². The third-order valence-electron chi connectivity index (χ3n) is 9.42. The normalized spacial score (nSPS) is 20.4. The average molecular weight is 772 g/mol. The predicted molar refractivity (Wildman–Crippen MR) is 186 cm³/mol. The molecule has 2 fully saturated rings. The fraction of sp³-hybridized carbons (Fsp3) is 0.471. The molecule has 3 N–H and O–H groups in total. The lowest BCUT2D eigenvalue weighted by Gasteiger charge is -2.42. The van der Waals surface area contributed by atoms with Gasteiger partial charge in [0.2, 0.25) is 0 Å². The molecule has 3 aliphatic rings. The highest BCUT2D eigenvalue weighted by Crippen LogP contribution is 2.38. The summed E-state index contributed by atoms with van der Waals surface area (Å²) in [5.74, 6) is -1.02. The number of likely N-dealkylation sites (tertiary alicyclic amines) is 1. The Hall–Kier alpha value is -3.78. The van der Waals surface area contributed by atoms with Crippen molar-refractivity contribution in [2.75, 3.05) is 62.3 Å². The molecule has 3 aliphatic heterocycles. The van der Waals surface area contributed by atoms with Gasteiger partial charge in [-0.15, -0.1) is 0 Å². The number of carbonyl (C=O) groups is 1. The van der Waals surface area contributed by atoms with Crippen LogP contribution < -0.4 is 14.5 Å². The maximum Gasteiger partial charge on any atom is 0.318 e. The zero-order valence-corrected chi connectivity index (χ0v) is 28.7. The van der Waals surface area contributed by atoms with Crippen molar-refractivity contribution in [1.29, 1.82) is 5.26 Å². The van der Waals surface area contributed by atoms with E-state index in [0.717, 1.165) is 50.7 Å². The number of amides is 1. The highest BCUT2D eigenvalue weighted by Gasteiger charge is 2.35. The van der Waals surface area contributed by atoms with Crippen LogP contribution in [0.2, 0.25) is 0 Å². The fourth-order valence-electron chi connectivity index (χ4n) is 7.09. The van der Waals surface area contributed by atoms with Crippen LogP contribution >= 0.6 is 22.6 Å². The monoisotopic (exact) mass is 771 g/mol. The number of β-amino-alcohol motifs (C(OH)–C–C–N with tert-alkyl or cyclic N) is 1. The number of halogens is 2. The molecule has 254 valence electrons. The number of aliphatic hydroxyl groups is 2. The summed E-state index contributed by atoms with van der Waals surface area (Å²) in [6, 6.07) is 11.3. The standard InChI is InChI=1S/C34H39FIN7O5/c1-21(35)33(47)43-13-12-42(16-23(43)7-9-37)32-27-8-11-41(30-15-25(45)14-22-4-2-6-28(36)31(22)30)18-29(27)38-34(39-32)48-20-24-5-3-10-40(24)17-26(46)19-44/h2,4,6,14-15,23-24,26,44-46H,1,3,5,7-8,10-13,16-20H2/t23-,24-,26?/m0/s1. The van der Waals surface area contributed by atoms with Gasteiger partial charge in [0, 0.05) is 65.0 Å².